The van der Waals surface area contributed by atoms with Gasteiger partial charge in [-0.2, -0.15) is 11.8 Å². The highest BCUT2D eigenvalue weighted by Gasteiger charge is 2.24. The smallest absolute Gasteiger partial charge is 0.225 e. The van der Waals surface area contributed by atoms with Crippen LogP contribution in [0.3, 0.4) is 0 Å². The molecule has 0 aromatic carbocycles. The summed E-state index contributed by atoms with van der Waals surface area (Å²) in [6.45, 7) is 12.8. The fourth-order valence-electron chi connectivity index (χ4n) is 2.29. The van der Waals surface area contributed by atoms with Gasteiger partial charge >= 0.3 is 0 Å². The third-order valence-electron chi connectivity index (χ3n) is 3.75. The summed E-state index contributed by atoms with van der Waals surface area (Å²) < 4.78 is 0.370. The topological polar surface area (TPSA) is 41.1 Å². The van der Waals surface area contributed by atoms with Gasteiger partial charge in [0.15, 0.2) is 0 Å². The van der Waals surface area contributed by atoms with E-state index < -0.39 is 0 Å². The van der Waals surface area contributed by atoms with E-state index in [1.165, 1.54) is 12.0 Å². The van der Waals surface area contributed by atoms with E-state index in [2.05, 4.69) is 54.7 Å². The number of hydrogen-bond donors (Lipinski definition) is 1. The number of aryl methyl sites for hydroxylation is 1. The van der Waals surface area contributed by atoms with Crippen molar-refractivity contribution in [3.05, 3.63) is 17.5 Å². The molecule has 0 spiro atoms. The first-order valence-corrected chi connectivity index (χ1v) is 8.42. The Balaban J connectivity index is 2.07. The molecule has 0 amide bonds. The zero-order valence-electron chi connectivity index (χ0n) is 13.1. The molecule has 5 heteroatoms. The number of aromatic nitrogens is 2. The molecule has 20 heavy (non-hydrogen) atoms. The number of anilines is 1. The lowest BCUT2D eigenvalue weighted by molar-refractivity contribution is 0.630. The monoisotopic (exact) mass is 294 g/mol. The van der Waals surface area contributed by atoms with Crippen LogP contribution in [0.5, 0.6) is 0 Å². The second kappa shape index (κ2) is 6.76. The molecule has 0 radical (unpaired) electrons. The van der Waals surface area contributed by atoms with Crippen LogP contribution in [0.1, 0.15) is 38.4 Å². The maximum Gasteiger partial charge on any atom is 0.225 e. The molecule has 2 heterocycles. The van der Waals surface area contributed by atoms with Crippen LogP contribution in [0.2, 0.25) is 0 Å². The van der Waals surface area contributed by atoms with E-state index in [4.69, 9.17) is 4.98 Å². The lowest BCUT2D eigenvalue weighted by atomic mass is 10.1. The van der Waals surface area contributed by atoms with Crippen molar-refractivity contribution in [2.24, 2.45) is 0 Å². The van der Waals surface area contributed by atoms with Crippen molar-refractivity contribution in [1.29, 1.82) is 0 Å². The predicted molar refractivity (Wildman–Crippen MR) is 87.5 cm³/mol. The van der Waals surface area contributed by atoms with Gasteiger partial charge in [-0.25, -0.2) is 9.97 Å². The van der Waals surface area contributed by atoms with Crippen LogP contribution in [0.25, 0.3) is 0 Å². The first-order chi connectivity index (χ1) is 9.52. The second-order valence-electron chi connectivity index (χ2n) is 5.91. The number of nitrogens with one attached hydrogen (secondary N) is 1. The Morgan fingerprint density at radius 1 is 1.40 bits per heavy atom. The van der Waals surface area contributed by atoms with E-state index in [9.17, 15) is 0 Å². The van der Waals surface area contributed by atoms with Crippen molar-refractivity contribution < 1.29 is 0 Å². The zero-order valence-corrected chi connectivity index (χ0v) is 13.9. The lowest BCUT2D eigenvalue weighted by Gasteiger charge is -2.23. The van der Waals surface area contributed by atoms with Gasteiger partial charge < -0.3 is 10.2 Å². The van der Waals surface area contributed by atoms with Crippen molar-refractivity contribution in [2.75, 3.05) is 30.3 Å². The predicted octanol–water partition coefficient (Wildman–Crippen LogP) is 2.62. The Bertz CT molecular complexity index is 447. The Labute approximate surface area is 126 Å². The fourth-order valence-corrected chi connectivity index (χ4v) is 3.39. The van der Waals surface area contributed by atoms with Gasteiger partial charge in [0.05, 0.1) is 0 Å². The van der Waals surface area contributed by atoms with E-state index in [1.807, 2.05) is 6.20 Å². The summed E-state index contributed by atoms with van der Waals surface area (Å²) in [4.78, 5) is 11.6. The maximum atomic E-state index is 4.70. The van der Waals surface area contributed by atoms with Crippen LogP contribution in [0.15, 0.2) is 6.20 Å². The van der Waals surface area contributed by atoms with Crippen LogP contribution in [-0.2, 0) is 6.54 Å². The van der Waals surface area contributed by atoms with Crippen molar-refractivity contribution >= 4 is 17.7 Å². The zero-order chi connectivity index (χ0) is 14.6. The van der Waals surface area contributed by atoms with Crippen molar-refractivity contribution in [3.8, 4) is 0 Å². The highest BCUT2D eigenvalue weighted by Crippen LogP contribution is 2.31. The molecule has 1 aliphatic heterocycles. The molecule has 0 aliphatic carbocycles. The molecule has 0 unspecified atom stereocenters. The molecule has 1 saturated heterocycles. The van der Waals surface area contributed by atoms with E-state index in [-0.39, 0.29) is 0 Å². The quantitative estimate of drug-likeness (QED) is 0.924. The third kappa shape index (κ3) is 4.09. The summed E-state index contributed by atoms with van der Waals surface area (Å²) in [5.41, 5.74) is 2.28. The average molecular weight is 294 g/mol. The molecule has 0 bridgehead atoms. The number of thioether (sulfide) groups is 1. The minimum absolute atomic E-state index is 0.370. The normalized spacial score (nSPS) is 18.9. The Morgan fingerprint density at radius 3 is 2.90 bits per heavy atom. The summed E-state index contributed by atoms with van der Waals surface area (Å²) >= 11 is 2.05. The van der Waals surface area contributed by atoms with Gasteiger partial charge in [0.1, 0.15) is 0 Å². The van der Waals surface area contributed by atoms with Crippen molar-refractivity contribution in [3.63, 3.8) is 0 Å². The molecule has 0 saturated carbocycles. The van der Waals surface area contributed by atoms with Gasteiger partial charge in [-0.05, 0) is 19.9 Å². The molecule has 1 aromatic heterocycles. The van der Waals surface area contributed by atoms with Gasteiger partial charge in [-0.15, -0.1) is 0 Å². The highest BCUT2D eigenvalue weighted by molar-refractivity contribution is 8.00. The summed E-state index contributed by atoms with van der Waals surface area (Å²) in [6, 6.07) is 0. The van der Waals surface area contributed by atoms with Crippen LogP contribution >= 0.6 is 11.8 Å². The molecule has 4 nitrogen and oxygen atoms in total. The number of rotatable bonds is 4. The van der Waals surface area contributed by atoms with Gasteiger partial charge in [-0.1, -0.05) is 20.8 Å². The molecular weight excluding hydrogens is 268 g/mol. The van der Waals surface area contributed by atoms with Crippen LogP contribution in [0.4, 0.5) is 5.95 Å². The van der Waals surface area contributed by atoms with Gasteiger partial charge in [-0.3, -0.25) is 0 Å². The first-order valence-electron chi connectivity index (χ1n) is 7.44. The van der Waals surface area contributed by atoms with Crippen LogP contribution in [0, 0.1) is 6.92 Å². The third-order valence-corrected chi connectivity index (χ3v) is 5.13. The Hall–Kier alpha value is -0.810. The summed E-state index contributed by atoms with van der Waals surface area (Å²) in [7, 11) is 0. The van der Waals surface area contributed by atoms with E-state index in [0.717, 1.165) is 43.6 Å². The van der Waals surface area contributed by atoms with Crippen molar-refractivity contribution in [2.45, 2.75) is 45.4 Å². The Kier molecular flexibility index (Phi) is 5.27. The molecule has 1 aliphatic rings. The Morgan fingerprint density at radius 2 is 2.20 bits per heavy atom. The highest BCUT2D eigenvalue weighted by atomic mass is 32.2. The number of hydrogen-bond acceptors (Lipinski definition) is 5. The van der Waals surface area contributed by atoms with E-state index in [1.54, 1.807) is 0 Å². The van der Waals surface area contributed by atoms with Gasteiger partial charge in [0.25, 0.3) is 0 Å². The molecule has 2 rings (SSSR count). The standard InChI is InChI=1S/C15H26N4S/c1-5-16-10-13-11-17-14(18-12(13)2)19-7-6-15(3,4)20-9-8-19/h11,16H,5-10H2,1-4H3. The molecule has 1 fully saturated rings. The fraction of sp³-hybridized carbons (Fsp3) is 0.733. The van der Waals surface area contributed by atoms with Gasteiger partial charge in [0, 0.05) is 47.6 Å². The van der Waals surface area contributed by atoms with E-state index >= 15 is 0 Å². The van der Waals surface area contributed by atoms with Gasteiger partial charge in [0.2, 0.25) is 5.95 Å². The molecule has 1 aromatic rings. The average Bonchev–Trinajstić information content (AvgIpc) is 2.58. The maximum absolute atomic E-state index is 4.70. The SMILES string of the molecule is CCNCc1cnc(N2CCSC(C)(C)CC2)nc1C. The molecule has 1 N–H and O–H groups in total. The second-order valence-corrected chi connectivity index (χ2v) is 7.71. The first kappa shape index (κ1) is 15.6. The molecular formula is C15H26N4S. The minimum Gasteiger partial charge on any atom is -0.340 e. The summed E-state index contributed by atoms with van der Waals surface area (Å²) in [5, 5.41) is 3.33. The largest absolute Gasteiger partial charge is 0.340 e. The molecule has 0 atom stereocenters. The summed E-state index contributed by atoms with van der Waals surface area (Å²) in [6.07, 6.45) is 3.16. The summed E-state index contributed by atoms with van der Waals surface area (Å²) in [5.74, 6) is 2.04. The lowest BCUT2D eigenvalue weighted by Crippen LogP contribution is -2.29. The van der Waals surface area contributed by atoms with Crippen LogP contribution < -0.4 is 10.2 Å². The van der Waals surface area contributed by atoms with E-state index in [0.29, 0.717) is 4.75 Å². The minimum atomic E-state index is 0.370. The van der Waals surface area contributed by atoms with Crippen LogP contribution in [-0.4, -0.2) is 40.1 Å². The molecule has 112 valence electrons. The number of nitrogens with zero attached hydrogens (tertiary/aromatic N) is 3. The van der Waals surface area contributed by atoms with Crippen molar-refractivity contribution in [1.82, 2.24) is 15.3 Å².